The van der Waals surface area contributed by atoms with Gasteiger partial charge in [-0.15, -0.1) is 0 Å². The first-order chi connectivity index (χ1) is 8.04. The number of nitrogens with two attached hydrogens (primary N) is 1. The number of anilines is 3. The highest BCUT2D eigenvalue weighted by molar-refractivity contribution is 5.65. The third kappa shape index (κ3) is 2.75. The Morgan fingerprint density at radius 3 is 2.41 bits per heavy atom. The predicted molar refractivity (Wildman–Crippen MR) is 70.0 cm³/mol. The van der Waals surface area contributed by atoms with Gasteiger partial charge in [-0.25, -0.2) is 4.39 Å². The van der Waals surface area contributed by atoms with Gasteiger partial charge < -0.3 is 11.1 Å². The summed E-state index contributed by atoms with van der Waals surface area (Å²) in [4.78, 5) is 0. The van der Waals surface area contributed by atoms with Crippen molar-refractivity contribution in [2.45, 2.75) is 13.8 Å². The van der Waals surface area contributed by atoms with Crippen LogP contribution < -0.4 is 11.1 Å². The molecule has 3 heteroatoms. The molecule has 0 fully saturated rings. The first-order valence-electron chi connectivity index (χ1n) is 5.45. The first-order valence-corrected chi connectivity index (χ1v) is 5.45. The van der Waals surface area contributed by atoms with Crippen molar-refractivity contribution in [1.82, 2.24) is 0 Å². The minimum absolute atomic E-state index is 0.195. The lowest BCUT2D eigenvalue weighted by atomic mass is 10.1. The summed E-state index contributed by atoms with van der Waals surface area (Å²) < 4.78 is 13.1. The molecule has 3 N–H and O–H groups in total. The van der Waals surface area contributed by atoms with Gasteiger partial charge in [0, 0.05) is 17.1 Å². The quantitative estimate of drug-likeness (QED) is 0.771. The van der Waals surface area contributed by atoms with Crippen molar-refractivity contribution in [1.29, 1.82) is 0 Å². The van der Waals surface area contributed by atoms with E-state index in [4.69, 9.17) is 5.73 Å². The van der Waals surface area contributed by atoms with E-state index in [-0.39, 0.29) is 5.82 Å². The van der Waals surface area contributed by atoms with Gasteiger partial charge in [-0.2, -0.15) is 0 Å². The Hall–Kier alpha value is -2.03. The lowest BCUT2D eigenvalue weighted by Crippen LogP contribution is -1.94. The normalized spacial score (nSPS) is 10.3. The zero-order chi connectivity index (χ0) is 12.4. The van der Waals surface area contributed by atoms with Crippen LogP contribution in [0.3, 0.4) is 0 Å². The number of halogens is 1. The van der Waals surface area contributed by atoms with E-state index in [0.717, 1.165) is 16.9 Å². The largest absolute Gasteiger partial charge is 0.399 e. The van der Waals surface area contributed by atoms with Crippen LogP contribution in [0.5, 0.6) is 0 Å². The summed E-state index contributed by atoms with van der Waals surface area (Å²) in [6.45, 7) is 3.72. The van der Waals surface area contributed by atoms with Crippen molar-refractivity contribution in [3.63, 3.8) is 0 Å². The van der Waals surface area contributed by atoms with Crippen molar-refractivity contribution in [2.24, 2.45) is 0 Å². The van der Waals surface area contributed by atoms with Gasteiger partial charge in [0.05, 0.1) is 0 Å². The van der Waals surface area contributed by atoms with Gasteiger partial charge in [0.15, 0.2) is 0 Å². The van der Waals surface area contributed by atoms with E-state index in [1.54, 1.807) is 19.1 Å². The minimum atomic E-state index is -0.195. The van der Waals surface area contributed by atoms with Crippen LogP contribution in [-0.4, -0.2) is 0 Å². The Balaban J connectivity index is 2.28. The molecular formula is C14H15FN2. The fourth-order valence-electron chi connectivity index (χ4n) is 1.77. The van der Waals surface area contributed by atoms with Gasteiger partial charge in [-0.3, -0.25) is 0 Å². The van der Waals surface area contributed by atoms with E-state index in [2.05, 4.69) is 5.32 Å². The van der Waals surface area contributed by atoms with Crippen LogP contribution >= 0.6 is 0 Å². The maximum absolute atomic E-state index is 13.1. The monoisotopic (exact) mass is 230 g/mol. The molecule has 0 aliphatic rings. The second-order valence-electron chi connectivity index (χ2n) is 4.22. The summed E-state index contributed by atoms with van der Waals surface area (Å²) in [6, 6.07) is 10.7. The molecule has 2 aromatic rings. The fourth-order valence-corrected chi connectivity index (χ4v) is 1.77. The SMILES string of the molecule is Cc1cc(N)cc(Nc2ccc(F)c(C)c2)c1. The molecule has 2 nitrogen and oxygen atoms in total. The molecule has 0 saturated carbocycles. The summed E-state index contributed by atoms with van der Waals surface area (Å²) in [5.41, 5.74) is 9.96. The summed E-state index contributed by atoms with van der Waals surface area (Å²) in [5.74, 6) is -0.195. The van der Waals surface area contributed by atoms with Gasteiger partial charge in [-0.05, 0) is 61.4 Å². The van der Waals surface area contributed by atoms with Crippen LogP contribution in [0.4, 0.5) is 21.5 Å². The molecule has 0 aliphatic heterocycles. The molecule has 0 bridgehead atoms. The first kappa shape index (κ1) is 11.5. The summed E-state index contributed by atoms with van der Waals surface area (Å²) >= 11 is 0. The number of hydrogen-bond donors (Lipinski definition) is 2. The van der Waals surface area contributed by atoms with E-state index in [0.29, 0.717) is 11.3 Å². The molecule has 0 atom stereocenters. The molecule has 0 aliphatic carbocycles. The Morgan fingerprint density at radius 2 is 1.76 bits per heavy atom. The zero-order valence-electron chi connectivity index (χ0n) is 9.92. The van der Waals surface area contributed by atoms with Crippen molar-refractivity contribution in [3.8, 4) is 0 Å². The van der Waals surface area contributed by atoms with Gasteiger partial charge in [0.25, 0.3) is 0 Å². The summed E-state index contributed by atoms with van der Waals surface area (Å²) in [5, 5.41) is 3.21. The van der Waals surface area contributed by atoms with E-state index in [1.165, 1.54) is 6.07 Å². The minimum Gasteiger partial charge on any atom is -0.399 e. The van der Waals surface area contributed by atoms with E-state index in [1.807, 2.05) is 25.1 Å². The molecule has 0 aromatic heterocycles. The summed E-state index contributed by atoms with van der Waals surface area (Å²) in [6.07, 6.45) is 0. The van der Waals surface area contributed by atoms with Crippen LogP contribution in [-0.2, 0) is 0 Å². The van der Waals surface area contributed by atoms with Crippen molar-refractivity contribution in [3.05, 3.63) is 53.3 Å². The smallest absolute Gasteiger partial charge is 0.126 e. The summed E-state index contributed by atoms with van der Waals surface area (Å²) in [7, 11) is 0. The molecule has 0 heterocycles. The third-order valence-corrected chi connectivity index (χ3v) is 2.55. The van der Waals surface area contributed by atoms with Gasteiger partial charge in [-0.1, -0.05) is 0 Å². The average Bonchev–Trinajstić information content (AvgIpc) is 2.22. The van der Waals surface area contributed by atoms with Crippen LogP contribution in [0.1, 0.15) is 11.1 Å². The second kappa shape index (κ2) is 4.45. The van der Waals surface area contributed by atoms with E-state index < -0.39 is 0 Å². The van der Waals surface area contributed by atoms with Crippen molar-refractivity contribution in [2.75, 3.05) is 11.1 Å². The van der Waals surface area contributed by atoms with Crippen LogP contribution in [0, 0.1) is 19.7 Å². The second-order valence-corrected chi connectivity index (χ2v) is 4.22. The molecule has 88 valence electrons. The van der Waals surface area contributed by atoms with Crippen LogP contribution in [0.25, 0.3) is 0 Å². The van der Waals surface area contributed by atoms with Gasteiger partial charge >= 0.3 is 0 Å². The maximum Gasteiger partial charge on any atom is 0.126 e. The Kier molecular flexibility index (Phi) is 3.00. The molecule has 17 heavy (non-hydrogen) atoms. The number of nitrogens with one attached hydrogen (secondary N) is 1. The lowest BCUT2D eigenvalue weighted by Gasteiger charge is -2.09. The molecule has 0 amide bonds. The number of rotatable bonds is 2. The molecule has 0 spiro atoms. The van der Waals surface area contributed by atoms with E-state index in [9.17, 15) is 4.39 Å². The highest BCUT2D eigenvalue weighted by Crippen LogP contribution is 2.22. The maximum atomic E-state index is 13.1. The number of benzene rings is 2. The van der Waals surface area contributed by atoms with E-state index >= 15 is 0 Å². The standard InChI is InChI=1S/C14H15FN2/c1-9-5-11(16)8-13(6-9)17-12-3-4-14(15)10(2)7-12/h3-8,17H,16H2,1-2H3. The Bertz CT molecular complexity index is 530. The van der Waals surface area contributed by atoms with Gasteiger partial charge in [0.2, 0.25) is 0 Å². The Morgan fingerprint density at radius 1 is 1.00 bits per heavy atom. The highest BCUT2D eigenvalue weighted by atomic mass is 19.1. The Labute approximate surface area is 100 Å². The topological polar surface area (TPSA) is 38.0 Å². The molecule has 0 saturated heterocycles. The van der Waals surface area contributed by atoms with Crippen LogP contribution in [0.2, 0.25) is 0 Å². The van der Waals surface area contributed by atoms with Crippen molar-refractivity contribution < 1.29 is 4.39 Å². The third-order valence-electron chi connectivity index (χ3n) is 2.55. The molecule has 0 unspecified atom stereocenters. The molecule has 0 radical (unpaired) electrons. The van der Waals surface area contributed by atoms with Crippen molar-refractivity contribution >= 4 is 17.1 Å². The number of nitrogen functional groups attached to an aromatic ring is 1. The lowest BCUT2D eigenvalue weighted by molar-refractivity contribution is 0.619. The van der Waals surface area contributed by atoms with Gasteiger partial charge in [0.1, 0.15) is 5.82 Å². The number of aryl methyl sites for hydroxylation is 2. The predicted octanol–water partition coefficient (Wildman–Crippen LogP) is 3.77. The molecular weight excluding hydrogens is 215 g/mol. The highest BCUT2D eigenvalue weighted by Gasteiger charge is 2.00. The average molecular weight is 230 g/mol. The molecule has 2 aromatic carbocycles. The zero-order valence-corrected chi connectivity index (χ0v) is 9.92. The molecule has 2 rings (SSSR count). The van der Waals surface area contributed by atoms with Crippen LogP contribution in [0.15, 0.2) is 36.4 Å². The number of hydrogen-bond acceptors (Lipinski definition) is 2. The fraction of sp³-hybridized carbons (Fsp3) is 0.143.